The lowest BCUT2D eigenvalue weighted by Gasteiger charge is -2.09. The summed E-state index contributed by atoms with van der Waals surface area (Å²) in [5.74, 6) is 0.675. The number of para-hydroxylation sites is 2. The van der Waals surface area contributed by atoms with Crippen molar-refractivity contribution in [2.45, 2.75) is 13.5 Å². The van der Waals surface area contributed by atoms with Crippen LogP contribution in [0.1, 0.15) is 17.3 Å². The summed E-state index contributed by atoms with van der Waals surface area (Å²) >= 11 is 14.0. The highest BCUT2D eigenvalue weighted by atomic mass is 35.5. The molecule has 8 heteroatoms. The maximum absolute atomic E-state index is 13.2. The molecule has 164 valence electrons. The van der Waals surface area contributed by atoms with Gasteiger partial charge < -0.3 is 14.0 Å². The number of rotatable bonds is 7. The first-order valence-corrected chi connectivity index (χ1v) is 11.6. The standard InChI is InChI=1S/C24H20Cl2N2O3S/c1-2-30-13-12-28-22-19(26)14-16(25)15-21(22)32-24(28)27-23(29)18-10-6-7-11-20(18)31-17-8-4-3-5-9-17/h3-11,14-15H,2,12-13H2,1H3. The molecule has 0 spiro atoms. The number of fused-ring (bicyclic) bond motifs is 1. The van der Waals surface area contributed by atoms with Crippen LogP contribution >= 0.6 is 34.5 Å². The van der Waals surface area contributed by atoms with Crippen LogP contribution in [0.25, 0.3) is 10.2 Å². The maximum atomic E-state index is 13.2. The molecule has 0 N–H and O–H groups in total. The van der Waals surface area contributed by atoms with Gasteiger partial charge in [-0.15, -0.1) is 0 Å². The number of aromatic nitrogens is 1. The van der Waals surface area contributed by atoms with Crippen LogP contribution in [0.2, 0.25) is 10.0 Å². The van der Waals surface area contributed by atoms with Crippen LogP contribution in [0, 0.1) is 0 Å². The minimum Gasteiger partial charge on any atom is -0.457 e. The van der Waals surface area contributed by atoms with Crippen molar-refractivity contribution < 1.29 is 14.3 Å². The molecule has 0 bridgehead atoms. The number of carbonyl (C=O) groups is 1. The summed E-state index contributed by atoms with van der Waals surface area (Å²) in [7, 11) is 0. The van der Waals surface area contributed by atoms with Crippen molar-refractivity contribution in [1.29, 1.82) is 0 Å². The van der Waals surface area contributed by atoms with Gasteiger partial charge in [0, 0.05) is 18.2 Å². The lowest BCUT2D eigenvalue weighted by atomic mass is 10.2. The maximum Gasteiger partial charge on any atom is 0.283 e. The second kappa shape index (κ2) is 10.3. The van der Waals surface area contributed by atoms with Crippen LogP contribution in [0.15, 0.2) is 71.7 Å². The monoisotopic (exact) mass is 486 g/mol. The molecule has 0 saturated carbocycles. The third kappa shape index (κ3) is 5.05. The van der Waals surface area contributed by atoms with Gasteiger partial charge in [0.1, 0.15) is 11.5 Å². The topological polar surface area (TPSA) is 52.8 Å². The Hall–Kier alpha value is -2.64. The average molecular weight is 487 g/mol. The Kier molecular flexibility index (Phi) is 7.27. The quantitative estimate of drug-likeness (QED) is 0.277. The second-order valence-electron chi connectivity index (χ2n) is 6.80. The Morgan fingerprint density at radius 2 is 1.81 bits per heavy atom. The molecule has 1 heterocycles. The molecule has 1 amide bonds. The molecule has 0 aliphatic rings. The van der Waals surface area contributed by atoms with E-state index in [0.29, 0.717) is 51.7 Å². The number of amides is 1. The van der Waals surface area contributed by atoms with Gasteiger partial charge in [0.05, 0.1) is 27.4 Å². The van der Waals surface area contributed by atoms with E-state index in [9.17, 15) is 4.79 Å². The third-order valence-electron chi connectivity index (χ3n) is 4.64. The van der Waals surface area contributed by atoms with Crippen LogP contribution in [0.3, 0.4) is 0 Å². The molecule has 0 saturated heterocycles. The fourth-order valence-electron chi connectivity index (χ4n) is 3.22. The fourth-order valence-corrected chi connectivity index (χ4v) is 5.05. The van der Waals surface area contributed by atoms with E-state index in [1.807, 2.05) is 54.0 Å². The van der Waals surface area contributed by atoms with Gasteiger partial charge in [-0.25, -0.2) is 0 Å². The Bertz CT molecular complexity index is 1320. The summed E-state index contributed by atoms with van der Waals surface area (Å²) in [4.78, 5) is 18.1. The first kappa shape index (κ1) is 22.6. The van der Waals surface area contributed by atoms with E-state index >= 15 is 0 Å². The largest absolute Gasteiger partial charge is 0.457 e. The number of thiazole rings is 1. The Balaban J connectivity index is 1.77. The lowest BCUT2D eigenvalue weighted by Crippen LogP contribution is -2.20. The SMILES string of the molecule is CCOCCn1c(=NC(=O)c2ccccc2Oc2ccccc2)sc2cc(Cl)cc(Cl)c21. The smallest absolute Gasteiger partial charge is 0.283 e. The summed E-state index contributed by atoms with van der Waals surface area (Å²) in [6.07, 6.45) is 0. The van der Waals surface area contributed by atoms with Gasteiger partial charge in [0.15, 0.2) is 4.80 Å². The van der Waals surface area contributed by atoms with E-state index in [0.717, 1.165) is 10.2 Å². The molecule has 4 aromatic rings. The first-order valence-electron chi connectivity index (χ1n) is 10.0. The molecule has 0 aliphatic heterocycles. The summed E-state index contributed by atoms with van der Waals surface area (Å²) in [5.41, 5.74) is 1.15. The van der Waals surface area contributed by atoms with E-state index in [-0.39, 0.29) is 0 Å². The summed E-state index contributed by atoms with van der Waals surface area (Å²) in [5, 5.41) is 1.03. The van der Waals surface area contributed by atoms with Crippen molar-refractivity contribution in [3.8, 4) is 11.5 Å². The Morgan fingerprint density at radius 1 is 1.06 bits per heavy atom. The fraction of sp³-hybridized carbons (Fsp3) is 0.167. The molecule has 0 radical (unpaired) electrons. The minimum atomic E-state index is -0.407. The van der Waals surface area contributed by atoms with Crippen LogP contribution in [0.4, 0.5) is 0 Å². The van der Waals surface area contributed by atoms with Gasteiger partial charge in [-0.3, -0.25) is 4.79 Å². The number of hydrogen-bond donors (Lipinski definition) is 0. The number of benzene rings is 3. The molecule has 1 aromatic heterocycles. The second-order valence-corrected chi connectivity index (χ2v) is 8.65. The highest BCUT2D eigenvalue weighted by Crippen LogP contribution is 2.30. The summed E-state index contributed by atoms with van der Waals surface area (Å²) < 4.78 is 14.2. The zero-order valence-corrected chi connectivity index (χ0v) is 19.6. The van der Waals surface area contributed by atoms with E-state index in [4.69, 9.17) is 32.7 Å². The van der Waals surface area contributed by atoms with Crippen molar-refractivity contribution in [2.75, 3.05) is 13.2 Å². The number of carbonyl (C=O) groups excluding carboxylic acids is 1. The van der Waals surface area contributed by atoms with Crippen LogP contribution < -0.4 is 9.54 Å². The molecule has 0 aliphatic carbocycles. The highest BCUT2D eigenvalue weighted by Gasteiger charge is 2.16. The zero-order valence-electron chi connectivity index (χ0n) is 17.3. The van der Waals surface area contributed by atoms with Crippen molar-refractivity contribution in [3.63, 3.8) is 0 Å². The zero-order chi connectivity index (χ0) is 22.5. The summed E-state index contributed by atoms with van der Waals surface area (Å²) in [6.45, 7) is 3.50. The lowest BCUT2D eigenvalue weighted by molar-refractivity contribution is 0.0994. The van der Waals surface area contributed by atoms with Crippen LogP contribution in [-0.2, 0) is 11.3 Å². The van der Waals surface area contributed by atoms with Crippen LogP contribution in [-0.4, -0.2) is 23.7 Å². The molecule has 5 nitrogen and oxygen atoms in total. The van der Waals surface area contributed by atoms with E-state index in [1.165, 1.54) is 11.3 Å². The van der Waals surface area contributed by atoms with Gasteiger partial charge in [-0.1, -0.05) is 64.9 Å². The van der Waals surface area contributed by atoms with E-state index in [2.05, 4.69) is 4.99 Å². The Labute approximate surface area is 199 Å². The highest BCUT2D eigenvalue weighted by molar-refractivity contribution is 7.16. The predicted octanol–water partition coefficient (Wildman–Crippen LogP) is 6.58. The average Bonchev–Trinajstić information content (AvgIpc) is 3.12. The number of hydrogen-bond acceptors (Lipinski definition) is 4. The number of ether oxygens (including phenoxy) is 2. The Morgan fingerprint density at radius 3 is 2.59 bits per heavy atom. The predicted molar refractivity (Wildman–Crippen MR) is 129 cm³/mol. The molecular weight excluding hydrogens is 467 g/mol. The molecule has 32 heavy (non-hydrogen) atoms. The van der Waals surface area contributed by atoms with Crippen molar-refractivity contribution in [1.82, 2.24) is 4.57 Å². The van der Waals surface area contributed by atoms with Gasteiger partial charge >= 0.3 is 0 Å². The third-order valence-corrected chi connectivity index (χ3v) is 6.18. The van der Waals surface area contributed by atoms with Crippen molar-refractivity contribution in [3.05, 3.63) is 87.1 Å². The molecule has 0 atom stereocenters. The van der Waals surface area contributed by atoms with E-state index < -0.39 is 5.91 Å². The van der Waals surface area contributed by atoms with E-state index in [1.54, 1.807) is 24.3 Å². The van der Waals surface area contributed by atoms with Crippen LogP contribution in [0.5, 0.6) is 11.5 Å². The number of nitrogens with zero attached hydrogens (tertiary/aromatic N) is 2. The van der Waals surface area contributed by atoms with Gasteiger partial charge in [-0.05, 0) is 43.3 Å². The molecule has 0 fully saturated rings. The van der Waals surface area contributed by atoms with Crippen molar-refractivity contribution >= 4 is 50.7 Å². The van der Waals surface area contributed by atoms with Gasteiger partial charge in [-0.2, -0.15) is 4.99 Å². The molecule has 4 rings (SSSR count). The van der Waals surface area contributed by atoms with Gasteiger partial charge in [0.2, 0.25) is 0 Å². The molecule has 3 aromatic carbocycles. The van der Waals surface area contributed by atoms with Crippen molar-refractivity contribution in [2.24, 2.45) is 4.99 Å². The summed E-state index contributed by atoms with van der Waals surface area (Å²) in [6, 6.07) is 19.9. The van der Waals surface area contributed by atoms with Gasteiger partial charge in [0.25, 0.3) is 5.91 Å². The minimum absolute atomic E-state index is 0.370. The molecular formula is C24H20Cl2N2O3S. The first-order chi connectivity index (χ1) is 15.6. The normalized spacial score (nSPS) is 11.8. The molecule has 0 unspecified atom stereocenters. The number of halogens is 2.